The first-order chi connectivity index (χ1) is 18.1. The number of aliphatic hydroxyl groups is 1. The van der Waals surface area contributed by atoms with E-state index >= 15 is 0 Å². The minimum absolute atomic E-state index is 0.116. The highest BCUT2D eigenvalue weighted by Gasteiger charge is 2.48. The summed E-state index contributed by atoms with van der Waals surface area (Å²) in [4.78, 5) is 33.1. The third-order valence-electron chi connectivity index (χ3n) is 6.40. The number of phenolic OH excluding ortho intramolecular Hbond substituents is 1. The highest BCUT2D eigenvalue weighted by Crippen LogP contribution is 2.47. The standard InChI is InChI=1S/C28H23BrN2O6S/c1-13-8-14(2)22-20(9-13)38-28(30-22)31-23(16-11-18(29)25(33)19(12-16)37-4)21(26(34)27(31)35)24(32)15-6-5-7-17(10-15)36-3/h5-12,23,32-33H,1-4H3/b24-21+. The molecule has 1 unspecified atom stereocenters. The van der Waals surface area contributed by atoms with Gasteiger partial charge in [0, 0.05) is 5.56 Å². The summed E-state index contributed by atoms with van der Waals surface area (Å²) in [6.07, 6.45) is 0. The fourth-order valence-corrected chi connectivity index (χ4v) is 6.27. The van der Waals surface area contributed by atoms with Crippen molar-refractivity contribution in [2.45, 2.75) is 19.9 Å². The summed E-state index contributed by atoms with van der Waals surface area (Å²) in [5, 5.41) is 22.1. The molecule has 1 aliphatic rings. The van der Waals surface area contributed by atoms with Crippen molar-refractivity contribution in [1.29, 1.82) is 0 Å². The number of aromatic hydroxyl groups is 1. The van der Waals surface area contributed by atoms with Gasteiger partial charge in [0.2, 0.25) is 0 Å². The lowest BCUT2D eigenvalue weighted by molar-refractivity contribution is -0.132. The summed E-state index contributed by atoms with van der Waals surface area (Å²) < 4.78 is 11.8. The maximum absolute atomic E-state index is 13.6. The number of ether oxygens (including phenoxy) is 2. The summed E-state index contributed by atoms with van der Waals surface area (Å²) in [6.45, 7) is 3.92. The Morgan fingerprint density at radius 1 is 1.08 bits per heavy atom. The molecule has 0 aliphatic carbocycles. The zero-order valence-corrected chi connectivity index (χ0v) is 23.3. The minimum Gasteiger partial charge on any atom is -0.507 e. The zero-order valence-electron chi connectivity index (χ0n) is 20.9. The van der Waals surface area contributed by atoms with Crippen LogP contribution in [-0.4, -0.2) is 41.1 Å². The molecule has 1 atom stereocenters. The number of carbonyl (C=O) groups is 2. The topological polar surface area (TPSA) is 109 Å². The SMILES string of the molecule is COc1cccc(/C(O)=C2\C(=O)C(=O)N(c3nc4c(C)cc(C)cc4s3)C2c2cc(Br)c(O)c(OC)c2)c1. The number of Topliss-reactive ketones (excluding diaryl/α,β-unsaturated/α-hetero) is 1. The number of hydrogen-bond donors (Lipinski definition) is 2. The van der Waals surface area contributed by atoms with Crippen molar-refractivity contribution in [3.05, 3.63) is 80.8 Å². The molecule has 1 aromatic heterocycles. The Morgan fingerprint density at radius 3 is 2.55 bits per heavy atom. The molecule has 10 heteroatoms. The first kappa shape index (κ1) is 25.7. The lowest BCUT2D eigenvalue weighted by Crippen LogP contribution is -2.29. The van der Waals surface area contributed by atoms with Crippen LogP contribution in [0.1, 0.15) is 28.3 Å². The van der Waals surface area contributed by atoms with E-state index in [0.29, 0.717) is 26.5 Å². The molecule has 0 spiro atoms. The Bertz CT molecular complexity index is 1660. The molecule has 3 aromatic carbocycles. The molecular formula is C28H23BrN2O6S. The Balaban J connectivity index is 1.79. The molecule has 0 bridgehead atoms. The third-order valence-corrected chi connectivity index (χ3v) is 8.00. The third kappa shape index (κ3) is 4.19. The number of phenols is 1. The average molecular weight is 595 g/mol. The van der Waals surface area contributed by atoms with E-state index in [-0.39, 0.29) is 22.8 Å². The minimum atomic E-state index is -1.05. The molecule has 2 N–H and O–H groups in total. The second-order valence-corrected chi connectivity index (χ2v) is 10.7. The number of ketones is 1. The molecule has 194 valence electrons. The Hall–Kier alpha value is -3.89. The van der Waals surface area contributed by atoms with Crippen LogP contribution in [0, 0.1) is 13.8 Å². The van der Waals surface area contributed by atoms with Gasteiger partial charge in [-0.05, 0) is 76.8 Å². The van der Waals surface area contributed by atoms with Crippen LogP contribution < -0.4 is 14.4 Å². The quantitative estimate of drug-likeness (QED) is 0.165. The number of hydrogen-bond acceptors (Lipinski definition) is 8. The molecule has 1 saturated heterocycles. The summed E-state index contributed by atoms with van der Waals surface area (Å²) in [6, 6.07) is 12.6. The molecule has 0 radical (unpaired) electrons. The number of aromatic nitrogens is 1. The van der Waals surface area contributed by atoms with Crippen molar-refractivity contribution < 1.29 is 29.3 Å². The number of halogens is 1. The average Bonchev–Trinajstić information content (AvgIpc) is 3.43. The molecule has 38 heavy (non-hydrogen) atoms. The second-order valence-electron chi connectivity index (χ2n) is 8.88. The first-order valence-corrected chi connectivity index (χ1v) is 13.1. The van der Waals surface area contributed by atoms with Gasteiger partial charge in [0.05, 0.1) is 40.5 Å². The number of fused-ring (bicyclic) bond motifs is 1. The number of aliphatic hydroxyl groups excluding tert-OH is 1. The number of carbonyl (C=O) groups excluding carboxylic acids is 2. The Kier molecular flexibility index (Phi) is 6.62. The van der Waals surface area contributed by atoms with Crippen molar-refractivity contribution in [1.82, 2.24) is 4.98 Å². The van der Waals surface area contributed by atoms with Crippen molar-refractivity contribution in [2.75, 3.05) is 19.1 Å². The predicted octanol–water partition coefficient (Wildman–Crippen LogP) is 6.02. The molecule has 1 aliphatic heterocycles. The fourth-order valence-electron chi connectivity index (χ4n) is 4.64. The molecule has 4 aromatic rings. The number of nitrogens with zero attached hydrogens (tertiary/aromatic N) is 2. The van der Waals surface area contributed by atoms with Crippen LogP contribution >= 0.6 is 27.3 Å². The van der Waals surface area contributed by atoms with Crippen molar-refractivity contribution >= 4 is 60.1 Å². The van der Waals surface area contributed by atoms with Gasteiger partial charge in [-0.3, -0.25) is 14.5 Å². The van der Waals surface area contributed by atoms with E-state index in [0.717, 1.165) is 21.3 Å². The van der Waals surface area contributed by atoms with E-state index in [4.69, 9.17) is 14.5 Å². The van der Waals surface area contributed by atoms with Crippen molar-refractivity contribution in [3.63, 3.8) is 0 Å². The Labute approximate surface area is 230 Å². The summed E-state index contributed by atoms with van der Waals surface area (Å²) in [5.41, 5.74) is 3.36. The van der Waals surface area contributed by atoms with E-state index in [1.807, 2.05) is 26.0 Å². The zero-order chi connectivity index (χ0) is 27.3. The molecule has 8 nitrogen and oxygen atoms in total. The maximum Gasteiger partial charge on any atom is 0.301 e. The van der Waals surface area contributed by atoms with Crippen LogP contribution in [0.2, 0.25) is 0 Å². The van der Waals surface area contributed by atoms with Gasteiger partial charge in [-0.25, -0.2) is 4.98 Å². The van der Waals surface area contributed by atoms with Crippen LogP contribution in [0.5, 0.6) is 17.2 Å². The molecule has 2 heterocycles. The van der Waals surface area contributed by atoms with Crippen LogP contribution in [0.4, 0.5) is 5.13 Å². The van der Waals surface area contributed by atoms with Crippen molar-refractivity contribution in [2.24, 2.45) is 0 Å². The predicted molar refractivity (Wildman–Crippen MR) is 149 cm³/mol. The number of aryl methyl sites for hydroxylation is 2. The number of benzene rings is 3. The van der Waals surface area contributed by atoms with E-state index in [9.17, 15) is 19.8 Å². The highest BCUT2D eigenvalue weighted by molar-refractivity contribution is 9.10. The van der Waals surface area contributed by atoms with Gasteiger partial charge in [-0.2, -0.15) is 0 Å². The number of anilines is 1. The van der Waals surface area contributed by atoms with Crippen molar-refractivity contribution in [3.8, 4) is 17.2 Å². The van der Waals surface area contributed by atoms with Gasteiger partial charge < -0.3 is 19.7 Å². The van der Waals surface area contributed by atoms with Crippen LogP contribution in [0.3, 0.4) is 0 Å². The molecular weight excluding hydrogens is 572 g/mol. The lowest BCUT2D eigenvalue weighted by atomic mass is 9.95. The summed E-state index contributed by atoms with van der Waals surface area (Å²) >= 11 is 4.62. The molecule has 1 amide bonds. The largest absolute Gasteiger partial charge is 0.507 e. The monoisotopic (exact) mass is 594 g/mol. The number of thiazole rings is 1. The van der Waals surface area contributed by atoms with E-state index in [1.165, 1.54) is 36.5 Å². The number of amides is 1. The first-order valence-electron chi connectivity index (χ1n) is 11.5. The van der Waals surface area contributed by atoms with E-state index < -0.39 is 17.7 Å². The van der Waals surface area contributed by atoms with E-state index in [1.54, 1.807) is 30.3 Å². The maximum atomic E-state index is 13.6. The van der Waals surface area contributed by atoms with Gasteiger partial charge in [0.1, 0.15) is 11.5 Å². The van der Waals surface area contributed by atoms with Crippen LogP contribution in [0.15, 0.2) is 58.6 Å². The highest BCUT2D eigenvalue weighted by atomic mass is 79.9. The number of rotatable bonds is 5. The van der Waals surface area contributed by atoms with Crippen LogP contribution in [-0.2, 0) is 9.59 Å². The summed E-state index contributed by atoms with van der Waals surface area (Å²) in [5.74, 6) is -1.55. The normalized spacial score (nSPS) is 16.9. The van der Waals surface area contributed by atoms with E-state index in [2.05, 4.69) is 15.9 Å². The van der Waals surface area contributed by atoms with Gasteiger partial charge in [0.25, 0.3) is 5.78 Å². The summed E-state index contributed by atoms with van der Waals surface area (Å²) in [7, 11) is 2.90. The smallest absolute Gasteiger partial charge is 0.301 e. The lowest BCUT2D eigenvalue weighted by Gasteiger charge is -2.24. The van der Waals surface area contributed by atoms with Gasteiger partial charge in [-0.1, -0.05) is 29.5 Å². The molecule has 1 fully saturated rings. The Morgan fingerprint density at radius 2 is 1.84 bits per heavy atom. The van der Waals surface area contributed by atoms with Gasteiger partial charge >= 0.3 is 5.91 Å². The number of methoxy groups -OCH3 is 2. The molecule has 0 saturated carbocycles. The van der Waals surface area contributed by atoms with Gasteiger partial charge in [-0.15, -0.1) is 0 Å². The fraction of sp³-hybridized carbons (Fsp3) is 0.179. The second kappa shape index (κ2) is 9.77. The molecule has 5 rings (SSSR count). The van der Waals surface area contributed by atoms with Gasteiger partial charge in [0.15, 0.2) is 16.6 Å². The van der Waals surface area contributed by atoms with Crippen LogP contribution in [0.25, 0.3) is 16.0 Å².